The number of hydrogen-bond acceptors (Lipinski definition) is 5. The number of halogens is 2. The Morgan fingerprint density at radius 2 is 2.14 bits per heavy atom. The second kappa shape index (κ2) is 6.62. The molecule has 1 fully saturated rings. The number of aromatic hydroxyl groups is 1. The number of amides is 1. The van der Waals surface area contributed by atoms with Gasteiger partial charge in [-0.2, -0.15) is 5.10 Å². The molecule has 2 rings (SSSR count). The molecule has 1 amide bonds. The lowest BCUT2D eigenvalue weighted by atomic mass is 10.2. The fraction of sp³-hybridized carbons (Fsp3) is 0.385. The zero-order chi connectivity index (χ0) is 15.5. The number of hydrazone groups is 1. The van der Waals surface area contributed by atoms with Crippen LogP contribution in [-0.4, -0.2) is 36.2 Å². The molecule has 0 spiro atoms. The van der Waals surface area contributed by atoms with Crippen molar-refractivity contribution in [3.63, 3.8) is 0 Å². The van der Waals surface area contributed by atoms with Gasteiger partial charge in [0, 0.05) is 10.6 Å². The van der Waals surface area contributed by atoms with Gasteiger partial charge in [0.1, 0.15) is 5.75 Å². The molecule has 1 aliphatic rings. The quantitative estimate of drug-likeness (QED) is 0.654. The summed E-state index contributed by atoms with van der Waals surface area (Å²) in [6.07, 6.45) is 1.27. The van der Waals surface area contributed by atoms with Crippen LogP contribution in [0.4, 0.5) is 0 Å². The number of ether oxygens (including phenoxy) is 2. The molecular weight excluding hydrogens is 319 g/mol. The average molecular weight is 333 g/mol. The van der Waals surface area contributed by atoms with Crippen LogP contribution >= 0.6 is 23.2 Å². The Labute approximate surface area is 131 Å². The third-order valence-corrected chi connectivity index (χ3v) is 3.34. The minimum Gasteiger partial charge on any atom is -0.506 e. The van der Waals surface area contributed by atoms with Crippen molar-refractivity contribution in [1.29, 1.82) is 0 Å². The van der Waals surface area contributed by atoms with Crippen molar-refractivity contribution < 1.29 is 19.4 Å². The molecule has 1 aromatic carbocycles. The van der Waals surface area contributed by atoms with Crippen molar-refractivity contribution >= 4 is 35.3 Å². The highest BCUT2D eigenvalue weighted by Gasteiger charge is 2.33. The van der Waals surface area contributed by atoms with E-state index in [2.05, 4.69) is 10.5 Å². The first-order valence-corrected chi connectivity index (χ1v) is 6.93. The van der Waals surface area contributed by atoms with Crippen molar-refractivity contribution in [1.82, 2.24) is 5.43 Å². The van der Waals surface area contributed by atoms with Gasteiger partial charge in [-0.15, -0.1) is 0 Å². The SMILES string of the molecule is CC1(CC(=O)NN=Cc2cc(Cl)cc(Cl)c2O)OCCO1. The number of benzene rings is 1. The number of nitrogens with one attached hydrogen (secondary N) is 1. The van der Waals surface area contributed by atoms with Crippen LogP contribution in [0, 0.1) is 0 Å². The summed E-state index contributed by atoms with van der Waals surface area (Å²) < 4.78 is 10.6. The first kappa shape index (κ1) is 16.0. The van der Waals surface area contributed by atoms with Gasteiger partial charge in [0.25, 0.3) is 0 Å². The van der Waals surface area contributed by atoms with Gasteiger partial charge >= 0.3 is 0 Å². The zero-order valence-electron chi connectivity index (χ0n) is 11.2. The molecule has 1 aliphatic heterocycles. The van der Waals surface area contributed by atoms with E-state index in [1.54, 1.807) is 6.92 Å². The van der Waals surface area contributed by atoms with Gasteiger partial charge in [0.2, 0.25) is 5.91 Å². The number of phenols is 1. The van der Waals surface area contributed by atoms with Crippen LogP contribution in [0.5, 0.6) is 5.75 Å². The van der Waals surface area contributed by atoms with Gasteiger partial charge in [-0.1, -0.05) is 23.2 Å². The second-order valence-electron chi connectivity index (χ2n) is 4.63. The standard InChI is InChI=1S/C13H14Cl2N2O4/c1-13(20-2-3-21-13)6-11(18)17-16-7-8-4-9(14)5-10(15)12(8)19/h4-5,7,19H,2-3,6H2,1H3,(H,17,18). The van der Waals surface area contributed by atoms with Gasteiger partial charge in [-0.3, -0.25) is 4.79 Å². The molecule has 2 N–H and O–H groups in total. The molecule has 0 saturated carbocycles. The molecule has 0 aliphatic carbocycles. The summed E-state index contributed by atoms with van der Waals surface area (Å²) in [6, 6.07) is 2.88. The predicted octanol–water partition coefficient (Wildman–Crippen LogP) is 2.30. The predicted molar refractivity (Wildman–Crippen MR) is 78.8 cm³/mol. The van der Waals surface area contributed by atoms with Crippen LogP contribution in [0.2, 0.25) is 10.0 Å². The van der Waals surface area contributed by atoms with Gasteiger partial charge in [0.05, 0.1) is 30.9 Å². The molecule has 114 valence electrons. The Hall–Kier alpha value is -1.34. The largest absolute Gasteiger partial charge is 0.506 e. The lowest BCUT2D eigenvalue weighted by molar-refractivity contribution is -0.159. The van der Waals surface area contributed by atoms with E-state index in [9.17, 15) is 9.90 Å². The van der Waals surface area contributed by atoms with Gasteiger partial charge in [0.15, 0.2) is 5.79 Å². The Balaban J connectivity index is 1.95. The summed E-state index contributed by atoms with van der Waals surface area (Å²) in [5.41, 5.74) is 2.62. The second-order valence-corrected chi connectivity index (χ2v) is 5.47. The van der Waals surface area contributed by atoms with E-state index in [0.717, 1.165) is 0 Å². The van der Waals surface area contributed by atoms with Gasteiger partial charge in [-0.05, 0) is 19.1 Å². The van der Waals surface area contributed by atoms with Crippen LogP contribution < -0.4 is 5.43 Å². The Kier molecular flexibility index (Phi) is 5.05. The highest BCUT2D eigenvalue weighted by atomic mass is 35.5. The van der Waals surface area contributed by atoms with E-state index in [0.29, 0.717) is 23.8 Å². The van der Waals surface area contributed by atoms with Crippen molar-refractivity contribution in [2.24, 2.45) is 5.10 Å². The smallest absolute Gasteiger partial charge is 0.245 e. The van der Waals surface area contributed by atoms with Crippen LogP contribution in [0.15, 0.2) is 17.2 Å². The molecule has 1 heterocycles. The molecule has 0 aromatic heterocycles. The topological polar surface area (TPSA) is 80.2 Å². The number of hydrogen-bond donors (Lipinski definition) is 2. The lowest BCUT2D eigenvalue weighted by Gasteiger charge is -2.20. The summed E-state index contributed by atoms with van der Waals surface area (Å²) in [7, 11) is 0. The minimum atomic E-state index is -0.916. The highest BCUT2D eigenvalue weighted by molar-refractivity contribution is 6.36. The summed E-state index contributed by atoms with van der Waals surface area (Å²) in [5, 5.41) is 13.9. The molecule has 0 bridgehead atoms. The molecule has 1 saturated heterocycles. The Morgan fingerprint density at radius 3 is 2.81 bits per heavy atom. The maximum absolute atomic E-state index is 11.7. The summed E-state index contributed by atoms with van der Waals surface area (Å²) >= 11 is 11.6. The summed E-state index contributed by atoms with van der Waals surface area (Å²) in [6.45, 7) is 2.61. The van der Waals surface area contributed by atoms with Crippen molar-refractivity contribution in [2.45, 2.75) is 19.1 Å². The number of carbonyl (C=O) groups is 1. The van der Waals surface area contributed by atoms with Crippen molar-refractivity contribution in [3.05, 3.63) is 27.7 Å². The monoisotopic (exact) mass is 332 g/mol. The molecule has 21 heavy (non-hydrogen) atoms. The van der Waals surface area contributed by atoms with Crippen molar-refractivity contribution in [3.8, 4) is 5.75 Å². The Bertz CT molecular complexity index is 572. The first-order chi connectivity index (χ1) is 9.89. The van der Waals surface area contributed by atoms with E-state index < -0.39 is 5.79 Å². The molecule has 6 nitrogen and oxygen atoms in total. The molecular formula is C13H14Cl2N2O4. The minimum absolute atomic E-state index is 0.0205. The number of rotatable bonds is 4. The third-order valence-electron chi connectivity index (χ3n) is 2.83. The van der Waals surface area contributed by atoms with E-state index in [1.807, 2.05) is 0 Å². The first-order valence-electron chi connectivity index (χ1n) is 6.17. The maximum Gasteiger partial charge on any atom is 0.245 e. The highest BCUT2D eigenvalue weighted by Crippen LogP contribution is 2.30. The number of nitrogens with zero attached hydrogens (tertiary/aromatic N) is 1. The maximum atomic E-state index is 11.7. The van der Waals surface area contributed by atoms with E-state index in [4.69, 9.17) is 32.7 Å². The third kappa shape index (κ3) is 4.31. The number of phenolic OH excluding ortho intramolecular Hbond substituents is 1. The summed E-state index contributed by atoms with van der Waals surface area (Å²) in [5.74, 6) is -1.45. The van der Waals surface area contributed by atoms with Crippen molar-refractivity contribution in [2.75, 3.05) is 13.2 Å². The fourth-order valence-corrected chi connectivity index (χ4v) is 2.36. The van der Waals surface area contributed by atoms with E-state index in [1.165, 1.54) is 18.3 Å². The van der Waals surface area contributed by atoms with Crippen LogP contribution in [0.25, 0.3) is 0 Å². The normalized spacial score (nSPS) is 17.3. The molecule has 1 aromatic rings. The van der Waals surface area contributed by atoms with E-state index in [-0.39, 0.29) is 23.1 Å². The van der Waals surface area contributed by atoms with Crippen LogP contribution in [-0.2, 0) is 14.3 Å². The lowest BCUT2D eigenvalue weighted by Crippen LogP contribution is -2.33. The zero-order valence-corrected chi connectivity index (χ0v) is 12.7. The number of carbonyl (C=O) groups excluding carboxylic acids is 1. The van der Waals surface area contributed by atoms with Gasteiger partial charge < -0.3 is 14.6 Å². The van der Waals surface area contributed by atoms with Crippen LogP contribution in [0.1, 0.15) is 18.9 Å². The molecule has 0 radical (unpaired) electrons. The summed E-state index contributed by atoms with van der Waals surface area (Å²) in [4.78, 5) is 11.7. The Morgan fingerprint density at radius 1 is 1.48 bits per heavy atom. The van der Waals surface area contributed by atoms with Gasteiger partial charge in [-0.25, -0.2) is 5.43 Å². The molecule has 0 unspecified atom stereocenters. The van der Waals surface area contributed by atoms with E-state index >= 15 is 0 Å². The molecule has 8 heteroatoms. The van der Waals surface area contributed by atoms with Crippen LogP contribution in [0.3, 0.4) is 0 Å². The average Bonchev–Trinajstić information content (AvgIpc) is 2.81. The molecule has 0 atom stereocenters. The fourth-order valence-electron chi connectivity index (χ4n) is 1.85.